The van der Waals surface area contributed by atoms with Gasteiger partial charge in [-0.1, -0.05) is 17.7 Å². The van der Waals surface area contributed by atoms with Gasteiger partial charge < -0.3 is 10.5 Å². The SMILES string of the molecule is COc1ccc(C)cc1Cn1cc(N)c(=O)[nH]c1=O. The zero-order valence-corrected chi connectivity index (χ0v) is 10.8. The fraction of sp³-hybridized carbons (Fsp3) is 0.231. The fourth-order valence-corrected chi connectivity index (χ4v) is 1.86. The molecule has 6 nitrogen and oxygen atoms in total. The van der Waals surface area contributed by atoms with Gasteiger partial charge in [0.05, 0.1) is 13.7 Å². The summed E-state index contributed by atoms with van der Waals surface area (Å²) in [5.41, 5.74) is 6.35. The van der Waals surface area contributed by atoms with Crippen LogP contribution < -0.4 is 21.7 Å². The van der Waals surface area contributed by atoms with E-state index >= 15 is 0 Å². The maximum atomic E-state index is 11.7. The van der Waals surface area contributed by atoms with E-state index in [9.17, 15) is 9.59 Å². The summed E-state index contributed by atoms with van der Waals surface area (Å²) in [7, 11) is 1.57. The van der Waals surface area contributed by atoms with Gasteiger partial charge in [-0.25, -0.2) is 4.79 Å². The van der Waals surface area contributed by atoms with Crippen LogP contribution in [0.5, 0.6) is 5.75 Å². The molecular weight excluding hydrogens is 246 g/mol. The van der Waals surface area contributed by atoms with Crippen molar-refractivity contribution in [3.8, 4) is 5.75 Å². The Morgan fingerprint density at radius 3 is 2.79 bits per heavy atom. The summed E-state index contributed by atoms with van der Waals surface area (Å²) < 4.78 is 6.59. The predicted octanol–water partition coefficient (Wildman–Crippen LogP) is 0.484. The Morgan fingerprint density at radius 2 is 2.11 bits per heavy atom. The van der Waals surface area contributed by atoms with Crippen LogP contribution >= 0.6 is 0 Å². The number of ether oxygens (including phenoxy) is 1. The van der Waals surface area contributed by atoms with Gasteiger partial charge in [-0.15, -0.1) is 0 Å². The molecule has 6 heteroatoms. The minimum atomic E-state index is -0.572. The second-order valence-corrected chi connectivity index (χ2v) is 4.29. The van der Waals surface area contributed by atoms with E-state index < -0.39 is 11.2 Å². The van der Waals surface area contributed by atoms with E-state index in [0.717, 1.165) is 11.1 Å². The molecule has 0 aliphatic carbocycles. The van der Waals surface area contributed by atoms with Gasteiger partial charge >= 0.3 is 5.69 Å². The molecule has 2 aromatic rings. The third kappa shape index (κ3) is 2.67. The first-order chi connectivity index (χ1) is 9.01. The van der Waals surface area contributed by atoms with Crippen molar-refractivity contribution >= 4 is 5.69 Å². The van der Waals surface area contributed by atoms with E-state index in [2.05, 4.69) is 4.98 Å². The first-order valence-corrected chi connectivity index (χ1v) is 5.74. The Kier molecular flexibility index (Phi) is 3.41. The highest BCUT2D eigenvalue weighted by Crippen LogP contribution is 2.20. The number of hydrogen-bond donors (Lipinski definition) is 2. The van der Waals surface area contributed by atoms with Gasteiger partial charge in [0.1, 0.15) is 11.4 Å². The standard InChI is InChI=1S/C13H15N3O3/c1-8-3-4-11(19-2)9(5-8)6-16-7-10(14)12(17)15-13(16)18/h3-5,7H,6,14H2,1-2H3,(H,15,17,18). The third-order valence-corrected chi connectivity index (χ3v) is 2.82. The number of nitrogens with two attached hydrogens (primary N) is 1. The highest BCUT2D eigenvalue weighted by molar-refractivity contribution is 5.37. The molecule has 0 amide bonds. The molecule has 0 aliphatic heterocycles. The number of aromatic nitrogens is 2. The number of aryl methyl sites for hydroxylation is 1. The molecule has 0 bridgehead atoms. The van der Waals surface area contributed by atoms with Crippen LogP contribution in [0, 0.1) is 6.92 Å². The maximum absolute atomic E-state index is 11.7. The second-order valence-electron chi connectivity index (χ2n) is 4.29. The van der Waals surface area contributed by atoms with Gasteiger partial charge in [-0.3, -0.25) is 14.3 Å². The first kappa shape index (κ1) is 12.9. The summed E-state index contributed by atoms with van der Waals surface area (Å²) >= 11 is 0. The summed E-state index contributed by atoms with van der Waals surface area (Å²) in [5.74, 6) is 0.683. The van der Waals surface area contributed by atoms with Crippen molar-refractivity contribution < 1.29 is 4.74 Å². The molecular formula is C13H15N3O3. The molecule has 1 heterocycles. The summed E-state index contributed by atoms with van der Waals surface area (Å²) in [5, 5.41) is 0. The predicted molar refractivity (Wildman–Crippen MR) is 72.6 cm³/mol. The molecule has 100 valence electrons. The zero-order chi connectivity index (χ0) is 14.0. The molecule has 0 saturated carbocycles. The zero-order valence-electron chi connectivity index (χ0n) is 10.8. The van der Waals surface area contributed by atoms with Crippen molar-refractivity contribution in [3.63, 3.8) is 0 Å². The van der Waals surface area contributed by atoms with Gasteiger partial charge in [0, 0.05) is 11.8 Å². The molecule has 0 aliphatic rings. The summed E-state index contributed by atoms with van der Waals surface area (Å²) in [4.78, 5) is 25.1. The van der Waals surface area contributed by atoms with Crippen LogP contribution in [0.4, 0.5) is 5.69 Å². The minimum absolute atomic E-state index is 0.00576. The van der Waals surface area contributed by atoms with Crippen molar-refractivity contribution in [2.75, 3.05) is 12.8 Å². The van der Waals surface area contributed by atoms with E-state index in [-0.39, 0.29) is 12.2 Å². The largest absolute Gasteiger partial charge is 0.496 e. The Bertz CT molecular complexity index is 716. The molecule has 0 saturated heterocycles. The lowest BCUT2D eigenvalue weighted by Crippen LogP contribution is -2.31. The van der Waals surface area contributed by atoms with Gasteiger partial charge in [0.15, 0.2) is 0 Å². The average molecular weight is 261 g/mol. The number of nitrogens with zero attached hydrogens (tertiary/aromatic N) is 1. The van der Waals surface area contributed by atoms with E-state index in [1.165, 1.54) is 10.8 Å². The van der Waals surface area contributed by atoms with Gasteiger partial charge in [-0.05, 0) is 13.0 Å². The van der Waals surface area contributed by atoms with E-state index in [1.54, 1.807) is 7.11 Å². The summed E-state index contributed by atoms with van der Waals surface area (Å²) in [6, 6.07) is 5.68. The minimum Gasteiger partial charge on any atom is -0.496 e. The number of hydrogen-bond acceptors (Lipinski definition) is 4. The number of nitrogen functional groups attached to an aromatic ring is 1. The Morgan fingerprint density at radius 1 is 1.37 bits per heavy atom. The Balaban J connectivity index is 2.47. The molecule has 1 aromatic heterocycles. The van der Waals surface area contributed by atoms with Crippen molar-refractivity contribution in [2.24, 2.45) is 0 Å². The quantitative estimate of drug-likeness (QED) is 0.841. The number of anilines is 1. The van der Waals surface area contributed by atoms with E-state index in [4.69, 9.17) is 10.5 Å². The van der Waals surface area contributed by atoms with Crippen LogP contribution in [0.2, 0.25) is 0 Å². The summed E-state index contributed by atoms with van der Waals surface area (Å²) in [6.07, 6.45) is 1.34. The Hall–Kier alpha value is -2.50. The molecule has 0 spiro atoms. The van der Waals surface area contributed by atoms with Crippen LogP contribution in [-0.2, 0) is 6.54 Å². The lowest BCUT2D eigenvalue weighted by atomic mass is 10.1. The topological polar surface area (TPSA) is 90.1 Å². The van der Waals surface area contributed by atoms with Crippen LogP contribution in [0.1, 0.15) is 11.1 Å². The second kappa shape index (κ2) is 5.01. The molecule has 2 rings (SSSR count). The normalized spacial score (nSPS) is 10.4. The Labute approximate surface area is 109 Å². The van der Waals surface area contributed by atoms with Gasteiger partial charge in [0.2, 0.25) is 0 Å². The van der Waals surface area contributed by atoms with Gasteiger partial charge in [-0.2, -0.15) is 0 Å². The number of benzene rings is 1. The smallest absolute Gasteiger partial charge is 0.328 e. The summed E-state index contributed by atoms with van der Waals surface area (Å²) in [6.45, 7) is 2.23. The number of H-pyrrole nitrogens is 1. The number of methoxy groups -OCH3 is 1. The molecule has 3 N–H and O–H groups in total. The highest BCUT2D eigenvalue weighted by atomic mass is 16.5. The molecule has 0 atom stereocenters. The molecule has 0 fully saturated rings. The lowest BCUT2D eigenvalue weighted by Gasteiger charge is -2.11. The van der Waals surface area contributed by atoms with Crippen molar-refractivity contribution in [1.29, 1.82) is 0 Å². The molecule has 1 aromatic carbocycles. The van der Waals surface area contributed by atoms with E-state index in [1.807, 2.05) is 25.1 Å². The van der Waals surface area contributed by atoms with Crippen molar-refractivity contribution in [1.82, 2.24) is 9.55 Å². The average Bonchev–Trinajstić information content (AvgIpc) is 2.36. The maximum Gasteiger partial charge on any atom is 0.328 e. The molecule has 0 unspecified atom stereocenters. The monoisotopic (exact) mass is 261 g/mol. The lowest BCUT2D eigenvalue weighted by molar-refractivity contribution is 0.408. The first-order valence-electron chi connectivity index (χ1n) is 5.74. The van der Waals surface area contributed by atoms with Gasteiger partial charge in [0.25, 0.3) is 5.56 Å². The molecule has 0 radical (unpaired) electrons. The number of nitrogens with one attached hydrogen (secondary N) is 1. The van der Waals surface area contributed by atoms with Crippen molar-refractivity contribution in [3.05, 3.63) is 56.4 Å². The van der Waals surface area contributed by atoms with E-state index in [0.29, 0.717) is 5.75 Å². The highest BCUT2D eigenvalue weighted by Gasteiger charge is 2.07. The molecule has 19 heavy (non-hydrogen) atoms. The van der Waals surface area contributed by atoms with Crippen LogP contribution in [0.25, 0.3) is 0 Å². The van der Waals surface area contributed by atoms with Crippen LogP contribution in [0.3, 0.4) is 0 Å². The fourth-order valence-electron chi connectivity index (χ4n) is 1.86. The number of rotatable bonds is 3. The van der Waals surface area contributed by atoms with Crippen molar-refractivity contribution in [2.45, 2.75) is 13.5 Å². The number of aromatic amines is 1. The van der Waals surface area contributed by atoms with Crippen LogP contribution in [0.15, 0.2) is 34.0 Å². The van der Waals surface area contributed by atoms with Crippen LogP contribution in [-0.4, -0.2) is 16.7 Å². The third-order valence-electron chi connectivity index (χ3n) is 2.82.